The molecule has 0 aliphatic heterocycles. The van der Waals surface area contributed by atoms with Crippen molar-refractivity contribution in [2.24, 2.45) is 0 Å². The molecule has 0 spiro atoms. The van der Waals surface area contributed by atoms with Gasteiger partial charge in [-0.1, -0.05) is 24.8 Å². The molecule has 8 heavy (non-hydrogen) atoms. The second-order valence-corrected chi connectivity index (χ2v) is 3.01. The SMILES string of the molecule is C=C(C)/C=C\C(=C)I. The van der Waals surface area contributed by atoms with Gasteiger partial charge < -0.3 is 0 Å². The van der Waals surface area contributed by atoms with Crippen LogP contribution in [-0.4, -0.2) is 0 Å². The third kappa shape index (κ3) is 5.95. The second kappa shape index (κ2) is 3.89. The van der Waals surface area contributed by atoms with E-state index in [9.17, 15) is 0 Å². The smallest absolute Gasteiger partial charge is 0.00580 e. The largest absolute Gasteiger partial charge is 0.0961 e. The van der Waals surface area contributed by atoms with Crippen LogP contribution in [0.2, 0.25) is 0 Å². The Labute approximate surface area is 64.1 Å². The number of rotatable bonds is 2. The van der Waals surface area contributed by atoms with Gasteiger partial charge in [0.25, 0.3) is 0 Å². The molecular weight excluding hydrogens is 211 g/mol. The predicted molar refractivity (Wildman–Crippen MR) is 47.1 cm³/mol. The molecule has 0 heterocycles. The number of allylic oxidation sites excluding steroid dienone is 4. The Kier molecular flexibility index (Phi) is 3.87. The molecule has 0 fully saturated rings. The highest BCUT2D eigenvalue weighted by molar-refractivity contribution is 14.1. The van der Waals surface area contributed by atoms with Gasteiger partial charge in [-0.15, -0.1) is 0 Å². The maximum atomic E-state index is 3.70. The molecule has 0 aliphatic carbocycles. The maximum absolute atomic E-state index is 3.70. The summed E-state index contributed by atoms with van der Waals surface area (Å²) in [6.07, 6.45) is 3.87. The van der Waals surface area contributed by atoms with Crippen LogP contribution in [0.1, 0.15) is 6.92 Å². The van der Waals surface area contributed by atoms with E-state index in [0.717, 1.165) is 9.15 Å². The van der Waals surface area contributed by atoms with Crippen molar-refractivity contribution >= 4 is 22.6 Å². The van der Waals surface area contributed by atoms with E-state index >= 15 is 0 Å². The average Bonchev–Trinajstić information content (AvgIpc) is 1.61. The van der Waals surface area contributed by atoms with Crippen LogP contribution in [0.4, 0.5) is 0 Å². The van der Waals surface area contributed by atoms with E-state index < -0.39 is 0 Å². The lowest BCUT2D eigenvalue weighted by Crippen LogP contribution is -1.59. The van der Waals surface area contributed by atoms with Crippen LogP contribution in [0.5, 0.6) is 0 Å². The summed E-state index contributed by atoms with van der Waals surface area (Å²) in [6.45, 7) is 9.34. The highest BCUT2D eigenvalue weighted by atomic mass is 127. The molecule has 0 amide bonds. The molecule has 0 atom stereocenters. The van der Waals surface area contributed by atoms with E-state index in [2.05, 4.69) is 35.7 Å². The van der Waals surface area contributed by atoms with Crippen LogP contribution in [0, 0.1) is 0 Å². The fraction of sp³-hybridized carbons (Fsp3) is 0.143. The summed E-state index contributed by atoms with van der Waals surface area (Å²) in [5, 5.41) is 0. The van der Waals surface area contributed by atoms with Crippen LogP contribution < -0.4 is 0 Å². The van der Waals surface area contributed by atoms with Gasteiger partial charge in [-0.25, -0.2) is 0 Å². The standard InChI is InChI=1S/C7H9I/c1-6(2)4-5-7(3)8/h4-5H,1,3H2,2H3/b5-4-. The van der Waals surface area contributed by atoms with Crippen LogP contribution in [0.3, 0.4) is 0 Å². The van der Waals surface area contributed by atoms with Crippen LogP contribution in [0.15, 0.2) is 34.5 Å². The molecule has 0 aromatic rings. The summed E-state index contributed by atoms with van der Waals surface area (Å²) in [6, 6.07) is 0. The summed E-state index contributed by atoms with van der Waals surface area (Å²) in [5.41, 5.74) is 1.06. The Bertz CT molecular complexity index is 115. The Balaban J connectivity index is 3.67. The normalized spacial score (nSPS) is 9.75. The van der Waals surface area contributed by atoms with Gasteiger partial charge in [0, 0.05) is 3.58 Å². The Morgan fingerprint density at radius 2 is 1.88 bits per heavy atom. The highest BCUT2D eigenvalue weighted by Gasteiger charge is 1.74. The minimum Gasteiger partial charge on any atom is -0.0961 e. The van der Waals surface area contributed by atoms with Crippen molar-refractivity contribution in [2.75, 3.05) is 0 Å². The molecule has 0 aromatic heterocycles. The molecule has 44 valence electrons. The van der Waals surface area contributed by atoms with Crippen molar-refractivity contribution in [1.82, 2.24) is 0 Å². The predicted octanol–water partition coefficient (Wildman–Crippen LogP) is 3.07. The maximum Gasteiger partial charge on any atom is 0.00580 e. The zero-order valence-corrected chi connectivity index (χ0v) is 7.10. The van der Waals surface area contributed by atoms with E-state index in [0.29, 0.717) is 0 Å². The van der Waals surface area contributed by atoms with E-state index in [-0.39, 0.29) is 0 Å². The van der Waals surface area contributed by atoms with Crippen LogP contribution in [0.25, 0.3) is 0 Å². The number of halogens is 1. The lowest BCUT2D eigenvalue weighted by molar-refractivity contribution is 1.56. The Morgan fingerprint density at radius 3 is 2.00 bits per heavy atom. The monoisotopic (exact) mass is 220 g/mol. The molecule has 1 heteroatoms. The lowest BCUT2D eigenvalue weighted by Gasteiger charge is -1.82. The van der Waals surface area contributed by atoms with Crippen molar-refractivity contribution < 1.29 is 0 Å². The lowest BCUT2D eigenvalue weighted by atomic mass is 10.3. The van der Waals surface area contributed by atoms with E-state index in [1.807, 2.05) is 19.1 Å². The average molecular weight is 220 g/mol. The van der Waals surface area contributed by atoms with E-state index in [1.165, 1.54) is 0 Å². The van der Waals surface area contributed by atoms with Gasteiger partial charge in [-0.2, -0.15) is 0 Å². The first kappa shape index (κ1) is 7.95. The van der Waals surface area contributed by atoms with Crippen molar-refractivity contribution in [3.8, 4) is 0 Å². The van der Waals surface area contributed by atoms with Gasteiger partial charge in [-0.05, 0) is 35.6 Å². The van der Waals surface area contributed by atoms with Gasteiger partial charge in [0.15, 0.2) is 0 Å². The van der Waals surface area contributed by atoms with Crippen molar-refractivity contribution in [2.45, 2.75) is 6.92 Å². The summed E-state index contributed by atoms with van der Waals surface area (Å²) >= 11 is 2.15. The minimum atomic E-state index is 1.03. The molecule has 0 aliphatic rings. The third-order valence-electron chi connectivity index (χ3n) is 0.549. The molecule has 0 bridgehead atoms. The summed E-state index contributed by atoms with van der Waals surface area (Å²) in [4.78, 5) is 0. The molecule has 0 aromatic carbocycles. The fourth-order valence-corrected chi connectivity index (χ4v) is 0.412. The first-order valence-corrected chi connectivity index (χ1v) is 3.39. The number of hydrogen-bond acceptors (Lipinski definition) is 0. The Morgan fingerprint density at radius 1 is 1.38 bits per heavy atom. The molecule has 0 radical (unpaired) electrons. The van der Waals surface area contributed by atoms with Gasteiger partial charge in [0.2, 0.25) is 0 Å². The van der Waals surface area contributed by atoms with Crippen molar-refractivity contribution in [3.63, 3.8) is 0 Å². The van der Waals surface area contributed by atoms with Gasteiger partial charge in [0.05, 0.1) is 0 Å². The summed E-state index contributed by atoms with van der Waals surface area (Å²) in [5.74, 6) is 0. The fourth-order valence-electron chi connectivity index (χ4n) is 0.233. The molecule has 0 rings (SSSR count). The third-order valence-corrected chi connectivity index (χ3v) is 0.908. The van der Waals surface area contributed by atoms with Gasteiger partial charge in [-0.3, -0.25) is 0 Å². The van der Waals surface area contributed by atoms with E-state index in [4.69, 9.17) is 0 Å². The molecular formula is C7H9I. The molecule has 0 saturated heterocycles. The quantitative estimate of drug-likeness (QED) is 0.495. The Hall–Kier alpha value is -0.0500. The zero-order valence-electron chi connectivity index (χ0n) is 4.95. The zero-order chi connectivity index (χ0) is 6.57. The summed E-state index contributed by atoms with van der Waals surface area (Å²) in [7, 11) is 0. The van der Waals surface area contributed by atoms with E-state index in [1.54, 1.807) is 0 Å². The summed E-state index contributed by atoms with van der Waals surface area (Å²) < 4.78 is 1.03. The van der Waals surface area contributed by atoms with Crippen LogP contribution in [-0.2, 0) is 0 Å². The minimum absolute atomic E-state index is 1.03. The highest BCUT2D eigenvalue weighted by Crippen LogP contribution is 2.04. The van der Waals surface area contributed by atoms with Crippen LogP contribution >= 0.6 is 22.6 Å². The molecule has 0 saturated carbocycles. The van der Waals surface area contributed by atoms with Crippen molar-refractivity contribution in [1.29, 1.82) is 0 Å². The topological polar surface area (TPSA) is 0 Å². The second-order valence-electron chi connectivity index (χ2n) is 1.63. The van der Waals surface area contributed by atoms with Gasteiger partial charge in [0.1, 0.15) is 0 Å². The molecule has 0 unspecified atom stereocenters. The molecule has 0 N–H and O–H groups in total. The first-order chi connectivity index (χ1) is 3.63. The van der Waals surface area contributed by atoms with Crippen molar-refractivity contribution in [3.05, 3.63) is 34.5 Å². The number of hydrogen-bond donors (Lipinski definition) is 0. The first-order valence-electron chi connectivity index (χ1n) is 2.31. The van der Waals surface area contributed by atoms with Gasteiger partial charge >= 0.3 is 0 Å². The molecule has 0 nitrogen and oxygen atoms in total.